The Bertz CT molecular complexity index is 310. The monoisotopic (exact) mass is 263 g/mol. The largest absolute Gasteiger partial charge is 0.298 e. The molecular weight excluding hydrogens is 230 g/mol. The van der Waals surface area contributed by atoms with Crippen LogP contribution >= 0.6 is 0 Å². The highest BCUT2D eigenvalue weighted by atomic mass is 15.2. The van der Waals surface area contributed by atoms with Crippen LogP contribution in [-0.4, -0.2) is 23.5 Å². The molecule has 0 aromatic heterocycles. The van der Waals surface area contributed by atoms with Gasteiger partial charge in [-0.3, -0.25) is 4.90 Å². The summed E-state index contributed by atoms with van der Waals surface area (Å²) >= 11 is 0. The normalized spacial score (nSPS) is 45.8. The van der Waals surface area contributed by atoms with Crippen LogP contribution in [0.15, 0.2) is 0 Å². The number of rotatable bonds is 3. The molecule has 0 aromatic carbocycles. The fraction of sp³-hybridized carbons (Fsp3) is 1.00. The van der Waals surface area contributed by atoms with E-state index >= 15 is 0 Å². The molecule has 4 aliphatic rings. The van der Waals surface area contributed by atoms with E-state index in [2.05, 4.69) is 32.6 Å². The number of hydrogen-bond acceptors (Lipinski definition) is 1. The highest BCUT2D eigenvalue weighted by Crippen LogP contribution is 2.62. The van der Waals surface area contributed by atoms with Crippen LogP contribution in [-0.2, 0) is 0 Å². The summed E-state index contributed by atoms with van der Waals surface area (Å²) in [6.45, 7) is 11.3. The Morgan fingerprint density at radius 3 is 2.26 bits per heavy atom. The lowest BCUT2D eigenvalue weighted by atomic mass is 9.45. The van der Waals surface area contributed by atoms with E-state index in [1.807, 2.05) is 0 Å². The Kier molecular flexibility index (Phi) is 3.71. The molecule has 1 aliphatic heterocycles. The van der Waals surface area contributed by atoms with Crippen LogP contribution in [0.5, 0.6) is 0 Å². The van der Waals surface area contributed by atoms with Crippen LogP contribution in [0.25, 0.3) is 0 Å². The second-order valence-corrected chi connectivity index (χ2v) is 8.35. The zero-order chi connectivity index (χ0) is 13.6. The maximum absolute atomic E-state index is 2.81. The van der Waals surface area contributed by atoms with Crippen LogP contribution in [0.2, 0.25) is 0 Å². The molecule has 2 bridgehead atoms. The van der Waals surface area contributed by atoms with Gasteiger partial charge < -0.3 is 0 Å². The zero-order valence-electron chi connectivity index (χ0n) is 13.5. The number of likely N-dealkylation sites (tertiary alicyclic amines) is 1. The quantitative estimate of drug-likeness (QED) is 0.712. The molecule has 1 heterocycles. The molecule has 3 aliphatic carbocycles. The molecule has 4 fully saturated rings. The van der Waals surface area contributed by atoms with Crippen molar-refractivity contribution in [3.8, 4) is 0 Å². The van der Waals surface area contributed by atoms with E-state index in [-0.39, 0.29) is 0 Å². The van der Waals surface area contributed by atoms with Gasteiger partial charge in [-0.05, 0) is 82.1 Å². The molecule has 5 atom stereocenters. The first-order chi connectivity index (χ1) is 9.00. The molecule has 4 rings (SSSR count). The second kappa shape index (κ2) is 5.06. The molecule has 110 valence electrons. The predicted molar refractivity (Wildman–Crippen MR) is 82.2 cm³/mol. The maximum Gasteiger partial charge on any atom is 0.00697 e. The number of fused-ring (bicyclic) bond motifs is 2. The molecule has 0 aromatic rings. The third kappa shape index (κ3) is 2.37. The van der Waals surface area contributed by atoms with Gasteiger partial charge in [0.1, 0.15) is 0 Å². The maximum atomic E-state index is 2.81. The highest BCUT2D eigenvalue weighted by molar-refractivity contribution is 5.03. The fourth-order valence-corrected chi connectivity index (χ4v) is 5.54. The van der Waals surface area contributed by atoms with Crippen molar-refractivity contribution in [1.82, 2.24) is 4.90 Å². The van der Waals surface area contributed by atoms with E-state index in [0.717, 1.165) is 29.8 Å². The average Bonchev–Trinajstić information content (AvgIpc) is 2.38. The van der Waals surface area contributed by atoms with Crippen LogP contribution in [0, 0.1) is 23.2 Å². The van der Waals surface area contributed by atoms with Gasteiger partial charge in [0, 0.05) is 12.1 Å². The highest BCUT2D eigenvalue weighted by Gasteiger charge is 2.53. The minimum absolute atomic E-state index is 0.669. The van der Waals surface area contributed by atoms with Crippen molar-refractivity contribution in [2.24, 2.45) is 23.2 Å². The van der Waals surface area contributed by atoms with Gasteiger partial charge in [0.05, 0.1) is 0 Å². The Labute approximate surface area is 120 Å². The lowest BCUT2D eigenvalue weighted by molar-refractivity contribution is -0.109. The summed E-state index contributed by atoms with van der Waals surface area (Å²) in [6.07, 6.45) is 10.3. The molecule has 0 radical (unpaired) electrons. The Balaban J connectivity index is 1.54. The van der Waals surface area contributed by atoms with Gasteiger partial charge in [0.15, 0.2) is 0 Å². The van der Waals surface area contributed by atoms with Gasteiger partial charge in [-0.15, -0.1) is 0 Å². The van der Waals surface area contributed by atoms with Crippen LogP contribution < -0.4 is 0 Å². The molecule has 0 spiro atoms. The summed E-state index contributed by atoms with van der Waals surface area (Å²) in [7, 11) is 0. The summed E-state index contributed by atoms with van der Waals surface area (Å²) < 4.78 is 0. The molecular formula is C18H33N. The lowest BCUT2D eigenvalue weighted by Gasteiger charge is -2.60. The standard InChI is InChI=1S/C18H33N/c1-13-6-5-7-14(2)19(13)11-10-15-8-9-16-12-17(15)18(16,3)4/h13-17H,5-12H2,1-4H3/t13-,14+,15-,16-,17-/m0/s1. The van der Waals surface area contributed by atoms with Crippen molar-refractivity contribution < 1.29 is 0 Å². The molecule has 0 N–H and O–H groups in total. The molecule has 3 saturated carbocycles. The van der Waals surface area contributed by atoms with E-state index in [1.165, 1.54) is 45.1 Å². The average molecular weight is 263 g/mol. The van der Waals surface area contributed by atoms with Gasteiger partial charge >= 0.3 is 0 Å². The minimum atomic E-state index is 0.669. The van der Waals surface area contributed by atoms with Gasteiger partial charge in [-0.25, -0.2) is 0 Å². The Hall–Kier alpha value is -0.0400. The van der Waals surface area contributed by atoms with E-state index in [9.17, 15) is 0 Å². The van der Waals surface area contributed by atoms with E-state index in [1.54, 1.807) is 6.42 Å². The van der Waals surface area contributed by atoms with Crippen LogP contribution in [0.4, 0.5) is 0 Å². The molecule has 1 saturated heterocycles. The first-order valence-corrected chi connectivity index (χ1v) is 8.76. The number of piperidine rings is 1. The molecule has 0 unspecified atom stereocenters. The van der Waals surface area contributed by atoms with E-state index in [4.69, 9.17) is 0 Å². The first-order valence-electron chi connectivity index (χ1n) is 8.76. The molecule has 0 amide bonds. The van der Waals surface area contributed by atoms with Crippen molar-refractivity contribution in [3.63, 3.8) is 0 Å². The summed E-state index contributed by atoms with van der Waals surface area (Å²) in [5, 5.41) is 0. The van der Waals surface area contributed by atoms with Crippen molar-refractivity contribution >= 4 is 0 Å². The Morgan fingerprint density at radius 1 is 1.00 bits per heavy atom. The summed E-state index contributed by atoms with van der Waals surface area (Å²) in [4.78, 5) is 2.81. The Morgan fingerprint density at radius 2 is 1.68 bits per heavy atom. The van der Waals surface area contributed by atoms with Crippen LogP contribution in [0.1, 0.15) is 72.6 Å². The number of hydrogen-bond donors (Lipinski definition) is 0. The topological polar surface area (TPSA) is 3.24 Å². The zero-order valence-corrected chi connectivity index (χ0v) is 13.5. The van der Waals surface area contributed by atoms with Crippen molar-refractivity contribution in [1.29, 1.82) is 0 Å². The minimum Gasteiger partial charge on any atom is -0.298 e. The smallest absolute Gasteiger partial charge is 0.00697 e. The van der Waals surface area contributed by atoms with Gasteiger partial charge in [-0.1, -0.05) is 20.3 Å². The van der Waals surface area contributed by atoms with Crippen LogP contribution in [0.3, 0.4) is 0 Å². The summed E-state index contributed by atoms with van der Waals surface area (Å²) in [6, 6.07) is 1.66. The SMILES string of the molecule is C[C@@H]1CCC[C@H](C)N1CC[C@@H]1CC[C@H]2C[C@@H]1C2(C)C. The van der Waals surface area contributed by atoms with Crippen molar-refractivity contribution in [2.45, 2.75) is 84.7 Å². The summed E-state index contributed by atoms with van der Waals surface area (Å²) in [5.74, 6) is 3.13. The van der Waals surface area contributed by atoms with E-state index < -0.39 is 0 Å². The fourth-order valence-electron chi connectivity index (χ4n) is 5.54. The van der Waals surface area contributed by atoms with Crippen molar-refractivity contribution in [3.05, 3.63) is 0 Å². The molecule has 1 nitrogen and oxygen atoms in total. The summed E-state index contributed by atoms with van der Waals surface area (Å²) in [5.41, 5.74) is 0.669. The van der Waals surface area contributed by atoms with Crippen molar-refractivity contribution in [2.75, 3.05) is 6.54 Å². The lowest BCUT2D eigenvalue weighted by Crippen LogP contribution is -2.53. The second-order valence-electron chi connectivity index (χ2n) is 8.35. The molecule has 1 heteroatoms. The third-order valence-corrected chi connectivity index (χ3v) is 7.14. The molecule has 19 heavy (non-hydrogen) atoms. The van der Waals surface area contributed by atoms with Gasteiger partial charge in [0.2, 0.25) is 0 Å². The van der Waals surface area contributed by atoms with Gasteiger partial charge in [0.25, 0.3) is 0 Å². The predicted octanol–water partition coefficient (Wildman–Crippen LogP) is 4.71. The number of nitrogens with zero attached hydrogens (tertiary/aromatic N) is 1. The van der Waals surface area contributed by atoms with Gasteiger partial charge in [-0.2, -0.15) is 0 Å². The first kappa shape index (κ1) is 13.9. The van der Waals surface area contributed by atoms with E-state index in [0.29, 0.717) is 5.41 Å². The third-order valence-electron chi connectivity index (χ3n) is 7.14.